The van der Waals surface area contributed by atoms with Crippen LogP contribution in [0.4, 0.5) is 21.0 Å². The van der Waals surface area contributed by atoms with Gasteiger partial charge in [0, 0.05) is 12.2 Å². The molecule has 0 saturated carbocycles. The second-order valence-electron chi connectivity index (χ2n) is 9.80. The van der Waals surface area contributed by atoms with Crippen LogP contribution in [0.2, 0.25) is 0 Å². The molecule has 0 bridgehead atoms. The predicted octanol–water partition coefficient (Wildman–Crippen LogP) is 3.57. The molecule has 3 amide bonds. The summed E-state index contributed by atoms with van der Waals surface area (Å²) < 4.78 is 15.4. The van der Waals surface area contributed by atoms with Crippen LogP contribution < -0.4 is 15.5 Å². The first-order chi connectivity index (χ1) is 16.2. The summed E-state index contributed by atoms with van der Waals surface area (Å²) in [4.78, 5) is 54.8. The maximum atomic E-state index is 12.6. The van der Waals surface area contributed by atoms with Gasteiger partial charge in [0.15, 0.2) is 0 Å². The van der Waals surface area contributed by atoms with Gasteiger partial charge in [-0.1, -0.05) is 6.07 Å². The fraction of sp³-hybridized carbons (Fsp3) is 0.542. The molecule has 0 radical (unpaired) electrons. The Morgan fingerprint density at radius 3 is 2.06 bits per heavy atom. The van der Waals surface area contributed by atoms with Crippen molar-refractivity contribution in [3.8, 4) is 0 Å². The molecule has 2 N–H and O–H groups in total. The molecule has 1 heterocycles. The molecule has 0 unspecified atom stereocenters. The maximum absolute atomic E-state index is 12.6. The lowest BCUT2D eigenvalue weighted by Gasteiger charge is -2.22. The molecule has 1 aliphatic rings. The van der Waals surface area contributed by atoms with Crippen molar-refractivity contribution in [1.82, 2.24) is 10.6 Å². The number of guanidine groups is 1. The molecule has 0 aliphatic carbocycles. The van der Waals surface area contributed by atoms with E-state index in [0.29, 0.717) is 24.3 Å². The summed E-state index contributed by atoms with van der Waals surface area (Å²) in [7, 11) is 0. The standard InChI is InChI=1S/C24H34N4O7/c1-8-33-19(30)14-18(29)28-12-11-15-9-10-16(13-17(15)28)25-20(26-21(31)34-23(2,3)4)27-22(32)35-24(5,6)7/h9-10,13H,8,11-12,14H2,1-7H3,(H2,25,26,27,31,32). The van der Waals surface area contributed by atoms with Crippen LogP contribution in [0, 0.1) is 0 Å². The first-order valence-electron chi connectivity index (χ1n) is 11.3. The van der Waals surface area contributed by atoms with Gasteiger partial charge in [-0.05, 0) is 72.6 Å². The molecule has 1 aromatic carbocycles. The molecule has 0 fully saturated rings. The van der Waals surface area contributed by atoms with Crippen molar-refractivity contribution < 1.29 is 33.4 Å². The van der Waals surface area contributed by atoms with Crippen LogP contribution in [0.15, 0.2) is 23.2 Å². The molecule has 0 spiro atoms. The summed E-state index contributed by atoms with van der Waals surface area (Å²) >= 11 is 0. The van der Waals surface area contributed by atoms with Gasteiger partial charge in [0.2, 0.25) is 11.9 Å². The molecule has 35 heavy (non-hydrogen) atoms. The van der Waals surface area contributed by atoms with Gasteiger partial charge < -0.3 is 19.1 Å². The van der Waals surface area contributed by atoms with Crippen LogP contribution in [-0.2, 0) is 30.2 Å². The van der Waals surface area contributed by atoms with Crippen molar-refractivity contribution >= 4 is 41.4 Å². The van der Waals surface area contributed by atoms with E-state index in [9.17, 15) is 19.2 Å². The number of benzene rings is 1. The quantitative estimate of drug-likeness (QED) is 0.216. The highest BCUT2D eigenvalue weighted by Crippen LogP contribution is 2.32. The lowest BCUT2D eigenvalue weighted by molar-refractivity contribution is -0.145. The summed E-state index contributed by atoms with van der Waals surface area (Å²) in [6, 6.07) is 5.12. The lowest BCUT2D eigenvalue weighted by Crippen LogP contribution is -2.47. The Hall–Kier alpha value is -3.63. The number of carbonyl (C=O) groups is 4. The van der Waals surface area contributed by atoms with Crippen LogP contribution in [0.3, 0.4) is 0 Å². The van der Waals surface area contributed by atoms with Crippen molar-refractivity contribution in [2.75, 3.05) is 18.1 Å². The lowest BCUT2D eigenvalue weighted by atomic mass is 10.1. The van der Waals surface area contributed by atoms with Gasteiger partial charge >= 0.3 is 18.2 Å². The number of hydrogen-bond donors (Lipinski definition) is 2. The van der Waals surface area contributed by atoms with Crippen LogP contribution in [-0.4, -0.2) is 54.4 Å². The summed E-state index contributed by atoms with van der Waals surface area (Å²) in [5, 5.41) is 4.83. The molecule has 1 aliphatic heterocycles. The third-order valence-electron chi connectivity index (χ3n) is 4.35. The number of ether oxygens (including phenoxy) is 3. The van der Waals surface area contributed by atoms with Crippen molar-refractivity contribution in [2.45, 2.75) is 72.5 Å². The average molecular weight is 491 g/mol. The fourth-order valence-corrected chi connectivity index (χ4v) is 3.14. The highest BCUT2D eigenvalue weighted by molar-refractivity contribution is 6.05. The highest BCUT2D eigenvalue weighted by Gasteiger charge is 2.27. The van der Waals surface area contributed by atoms with E-state index in [0.717, 1.165) is 5.56 Å². The van der Waals surface area contributed by atoms with E-state index >= 15 is 0 Å². The first kappa shape index (κ1) is 27.6. The summed E-state index contributed by atoms with van der Waals surface area (Å²) in [5.41, 5.74) is 0.308. The zero-order valence-corrected chi connectivity index (χ0v) is 21.3. The SMILES string of the molecule is CCOC(=O)CC(=O)N1CCc2ccc(N=C(NC(=O)OC(C)(C)C)NC(=O)OC(C)(C)C)cc21. The van der Waals surface area contributed by atoms with E-state index in [1.54, 1.807) is 66.7 Å². The van der Waals surface area contributed by atoms with Gasteiger partial charge in [-0.3, -0.25) is 20.2 Å². The molecule has 1 aromatic rings. The number of fused-ring (bicyclic) bond motifs is 1. The van der Waals surface area contributed by atoms with Gasteiger partial charge in [-0.15, -0.1) is 0 Å². The number of anilines is 1. The summed E-state index contributed by atoms with van der Waals surface area (Å²) in [5.74, 6) is -1.19. The molecule has 11 heteroatoms. The third kappa shape index (κ3) is 9.26. The number of hydrogen-bond acceptors (Lipinski definition) is 8. The van der Waals surface area contributed by atoms with Gasteiger partial charge in [0.25, 0.3) is 0 Å². The largest absolute Gasteiger partial charge is 0.466 e. The molecular formula is C24H34N4O7. The van der Waals surface area contributed by atoms with Gasteiger partial charge in [0.1, 0.15) is 17.6 Å². The number of amides is 3. The number of nitrogens with zero attached hydrogens (tertiary/aromatic N) is 2. The van der Waals surface area contributed by atoms with Crippen LogP contribution in [0.25, 0.3) is 0 Å². The maximum Gasteiger partial charge on any atom is 0.414 e. The first-order valence-corrected chi connectivity index (χ1v) is 11.3. The summed E-state index contributed by atoms with van der Waals surface area (Å²) in [6.45, 7) is 12.5. The zero-order chi connectivity index (χ0) is 26.4. The summed E-state index contributed by atoms with van der Waals surface area (Å²) in [6.07, 6.45) is -1.39. The monoisotopic (exact) mass is 490 g/mol. The van der Waals surface area contributed by atoms with E-state index < -0.39 is 29.4 Å². The number of aliphatic imine (C=N–C) groups is 1. The van der Waals surface area contributed by atoms with Gasteiger partial charge in [0.05, 0.1) is 12.3 Å². The predicted molar refractivity (Wildman–Crippen MR) is 130 cm³/mol. The van der Waals surface area contributed by atoms with E-state index in [1.807, 2.05) is 0 Å². The molecule has 0 atom stereocenters. The van der Waals surface area contributed by atoms with Crippen molar-refractivity contribution in [3.63, 3.8) is 0 Å². The zero-order valence-electron chi connectivity index (χ0n) is 21.3. The van der Waals surface area contributed by atoms with Crippen molar-refractivity contribution in [3.05, 3.63) is 23.8 Å². The van der Waals surface area contributed by atoms with Gasteiger partial charge in [-0.25, -0.2) is 14.6 Å². The average Bonchev–Trinajstić information content (AvgIpc) is 3.08. The number of carbonyl (C=O) groups excluding carboxylic acids is 4. The number of nitrogens with one attached hydrogen (secondary N) is 2. The van der Waals surface area contributed by atoms with Crippen LogP contribution in [0.5, 0.6) is 0 Å². The topological polar surface area (TPSA) is 136 Å². The molecule has 0 saturated heterocycles. The third-order valence-corrected chi connectivity index (χ3v) is 4.35. The Morgan fingerprint density at radius 2 is 1.54 bits per heavy atom. The minimum absolute atomic E-state index is 0.194. The molecule has 0 aromatic heterocycles. The highest BCUT2D eigenvalue weighted by atomic mass is 16.6. The van der Waals surface area contributed by atoms with Crippen molar-refractivity contribution in [2.24, 2.45) is 4.99 Å². The Morgan fingerprint density at radius 1 is 0.971 bits per heavy atom. The van der Waals surface area contributed by atoms with E-state index in [4.69, 9.17) is 14.2 Å². The number of esters is 1. The van der Waals surface area contributed by atoms with Crippen LogP contribution >= 0.6 is 0 Å². The fourth-order valence-electron chi connectivity index (χ4n) is 3.14. The molecule has 2 rings (SSSR count). The minimum atomic E-state index is -0.820. The second-order valence-corrected chi connectivity index (χ2v) is 9.80. The smallest absolute Gasteiger partial charge is 0.414 e. The number of rotatable bonds is 4. The molecule has 192 valence electrons. The van der Waals surface area contributed by atoms with Gasteiger partial charge in [-0.2, -0.15) is 0 Å². The second kappa shape index (κ2) is 11.2. The Balaban J connectivity index is 2.30. The minimum Gasteiger partial charge on any atom is -0.466 e. The molecular weight excluding hydrogens is 456 g/mol. The molecule has 11 nitrogen and oxygen atoms in total. The van der Waals surface area contributed by atoms with E-state index in [2.05, 4.69) is 15.6 Å². The van der Waals surface area contributed by atoms with Crippen LogP contribution in [0.1, 0.15) is 60.5 Å². The van der Waals surface area contributed by atoms with E-state index in [-0.39, 0.29) is 24.9 Å². The Bertz CT molecular complexity index is 974. The van der Waals surface area contributed by atoms with Crippen molar-refractivity contribution in [1.29, 1.82) is 0 Å². The number of alkyl carbamates (subject to hydrolysis) is 2. The normalized spacial score (nSPS) is 12.8. The van der Waals surface area contributed by atoms with E-state index in [1.165, 1.54) is 4.90 Å². The Labute approximate surface area is 205 Å². The Kier molecular flexibility index (Phi) is 8.83.